The number of hydrogen-bond donors (Lipinski definition) is 0. The lowest BCUT2D eigenvalue weighted by molar-refractivity contribution is 0.908. The van der Waals surface area contributed by atoms with Gasteiger partial charge in [0.1, 0.15) is 0 Å². The Morgan fingerprint density at radius 3 is 0.597 bits per heavy atom. The Kier molecular flexibility index (Phi) is 11.8. The number of benzene rings is 5. The van der Waals surface area contributed by atoms with Crippen molar-refractivity contribution >= 4 is 98.1 Å². The zero-order valence-corrected chi connectivity index (χ0v) is 40.1. The van der Waals surface area contributed by atoms with Gasteiger partial charge in [-0.1, -0.05) is 36.4 Å². The summed E-state index contributed by atoms with van der Waals surface area (Å²) in [6, 6.07) is 40.9. The molecule has 0 radical (unpaired) electrons. The van der Waals surface area contributed by atoms with E-state index in [1.54, 1.807) is 134 Å². The van der Waals surface area contributed by atoms with Crippen molar-refractivity contribution in [2.24, 2.45) is 42.3 Å². The van der Waals surface area contributed by atoms with Crippen LogP contribution in [0.2, 0.25) is 0 Å². The zero-order chi connectivity index (χ0) is 50.5. The van der Waals surface area contributed by atoms with E-state index in [4.69, 9.17) is 0 Å². The maximum Gasteiger partial charge on any atom is 0.258 e. The number of aryl methyl sites for hydroxylation is 6. The van der Waals surface area contributed by atoms with E-state index in [9.17, 15) is 28.8 Å². The smallest absolute Gasteiger partial charge is 0.258 e. The average Bonchev–Trinajstić information content (AvgIpc) is 3.44. The lowest BCUT2D eigenvalue weighted by Crippen LogP contribution is -2.19. The van der Waals surface area contributed by atoms with E-state index >= 15 is 0 Å². The van der Waals surface area contributed by atoms with Crippen molar-refractivity contribution in [3.05, 3.63) is 226 Å². The maximum atomic E-state index is 14.5. The van der Waals surface area contributed by atoms with Crippen LogP contribution >= 0.6 is 0 Å². The van der Waals surface area contributed by atoms with E-state index < -0.39 is 33.4 Å². The van der Waals surface area contributed by atoms with Crippen LogP contribution in [0.5, 0.6) is 0 Å². The van der Waals surface area contributed by atoms with Crippen molar-refractivity contribution in [1.82, 2.24) is 42.4 Å². The van der Waals surface area contributed by atoms with Gasteiger partial charge < -0.3 is 27.4 Å². The fourth-order valence-electron chi connectivity index (χ4n) is 8.69. The van der Waals surface area contributed by atoms with E-state index in [1.807, 2.05) is 36.4 Å². The van der Waals surface area contributed by atoms with E-state index in [-0.39, 0.29) is 32.3 Å². The standard InChI is InChI=1S/C57H45N9O6/c1-61-43-13-7-34(8-14-43)49-22-19-46(31-58-49)64(4)55(70)40-28-41-30-42(29-40)57(72)66(6)48-21-24-51(60-33-48)36-11-17-45(18-12-36)63(3)54(69)39-26-37(52(61)67)25-38(27-39)53(68)62(2)44-15-9-35(10-16-44)50-23-20-47(32-59-50)65(5)56(41)71/h7-33H,1-6H3. The zero-order valence-electron chi connectivity index (χ0n) is 40.1. The maximum absolute atomic E-state index is 14.5. The summed E-state index contributed by atoms with van der Waals surface area (Å²) in [5.41, 5.74) is 1.85. The summed E-state index contributed by atoms with van der Waals surface area (Å²) in [5, 5.41) is 2.78. The van der Waals surface area contributed by atoms with E-state index in [1.165, 1.54) is 63.8 Å². The second-order valence-electron chi connectivity index (χ2n) is 17.6. The number of pyridine rings is 3. The molecule has 0 unspecified atom stereocenters. The third-order valence-corrected chi connectivity index (χ3v) is 13.2. The summed E-state index contributed by atoms with van der Waals surface area (Å²) in [6.45, 7) is 0. The molecule has 15 nitrogen and oxygen atoms in total. The molecule has 0 atom stereocenters. The third kappa shape index (κ3) is 8.48. The van der Waals surface area contributed by atoms with Crippen LogP contribution < -0.4 is 33.4 Å². The lowest BCUT2D eigenvalue weighted by atomic mass is 10.1. The fourth-order valence-corrected chi connectivity index (χ4v) is 8.69. The van der Waals surface area contributed by atoms with Crippen molar-refractivity contribution in [2.75, 3.05) is 0 Å². The van der Waals surface area contributed by atoms with Crippen LogP contribution in [0.4, 0.5) is 0 Å². The van der Waals surface area contributed by atoms with E-state index in [0.29, 0.717) is 49.7 Å². The van der Waals surface area contributed by atoms with Gasteiger partial charge in [0, 0.05) is 107 Å². The van der Waals surface area contributed by atoms with Gasteiger partial charge in [-0.15, -0.1) is 0 Å². The largest absolute Gasteiger partial charge is 0.311 e. The summed E-state index contributed by atoms with van der Waals surface area (Å²) in [5.74, 6) is 0. The van der Waals surface area contributed by atoms with Gasteiger partial charge in [0.2, 0.25) is 0 Å². The summed E-state index contributed by atoms with van der Waals surface area (Å²) < 4.78 is 8.52. The Morgan fingerprint density at radius 1 is 0.236 bits per heavy atom. The van der Waals surface area contributed by atoms with Gasteiger partial charge in [0.05, 0.1) is 51.7 Å². The van der Waals surface area contributed by atoms with Gasteiger partial charge in [-0.3, -0.25) is 43.7 Å². The minimum absolute atomic E-state index is 0.0858. The Hall–Kier alpha value is -9.63. The summed E-state index contributed by atoms with van der Waals surface area (Å²) in [6.07, 6.45) is 4.65. The predicted molar refractivity (Wildman–Crippen MR) is 288 cm³/mol. The first-order chi connectivity index (χ1) is 34.6. The highest BCUT2D eigenvalue weighted by atomic mass is 16.2. The molecule has 0 aliphatic carbocycles. The number of aromatic nitrogens is 9. The first-order valence-corrected chi connectivity index (χ1v) is 22.8. The van der Waals surface area contributed by atoms with Crippen molar-refractivity contribution in [2.45, 2.75) is 0 Å². The van der Waals surface area contributed by atoms with Crippen LogP contribution in [0.3, 0.4) is 0 Å². The molecule has 0 aliphatic heterocycles. The highest BCUT2D eigenvalue weighted by molar-refractivity contribution is 5.84. The van der Waals surface area contributed by atoms with Gasteiger partial charge in [0.15, 0.2) is 0 Å². The average molecular weight is 952 g/mol. The second-order valence-corrected chi connectivity index (χ2v) is 17.6. The predicted octanol–water partition coefficient (Wildman–Crippen LogP) is 7.50. The van der Waals surface area contributed by atoms with Crippen molar-refractivity contribution in [3.8, 4) is 0 Å². The first-order valence-electron chi connectivity index (χ1n) is 22.8. The van der Waals surface area contributed by atoms with E-state index in [2.05, 4.69) is 15.0 Å². The van der Waals surface area contributed by atoms with E-state index in [0.717, 1.165) is 16.2 Å². The molecular formula is C57H45N9O6. The molecule has 0 N–H and O–H groups in total. The SMILES string of the molecule is Cn1c(=O)c2cc3cc(c2)c(=O)n(C)c2ccc(cc2)c2ccc(cn2)n(C)c(=O)c2cc(cc(c2)c(=O)n(C)c2ccc(nc2)c2ccc(cc2)n(C)c3=O)c(=O)n(C)c2ccc(nc2)c2ccc1cc2. The minimum Gasteiger partial charge on any atom is -0.311 e. The van der Waals surface area contributed by atoms with Gasteiger partial charge in [-0.05, 0) is 109 Å². The molecule has 0 saturated heterocycles. The third-order valence-electron chi connectivity index (χ3n) is 13.2. The molecule has 18 bridgehead atoms. The number of rotatable bonds is 0. The molecule has 0 spiro atoms. The first kappa shape index (κ1) is 46.1. The summed E-state index contributed by atoms with van der Waals surface area (Å²) in [4.78, 5) is 101. The molecular weight excluding hydrogens is 907 g/mol. The molecule has 0 aliphatic rings. The van der Waals surface area contributed by atoms with Crippen LogP contribution in [0, 0.1) is 0 Å². The molecule has 72 heavy (non-hydrogen) atoms. The van der Waals surface area contributed by atoms with Crippen molar-refractivity contribution in [1.29, 1.82) is 0 Å². The number of hydrogen-bond acceptors (Lipinski definition) is 9. The Labute approximate surface area is 407 Å². The Bertz CT molecular complexity index is 3830. The van der Waals surface area contributed by atoms with Crippen molar-refractivity contribution < 1.29 is 0 Å². The van der Waals surface area contributed by atoms with Crippen LogP contribution in [0.15, 0.2) is 193 Å². The summed E-state index contributed by atoms with van der Waals surface area (Å²) in [7, 11) is 9.61. The molecule has 0 saturated carbocycles. The monoisotopic (exact) mass is 951 g/mol. The molecule has 29 rings (SSSR count). The van der Waals surface area contributed by atoms with Crippen LogP contribution in [0.25, 0.3) is 98.1 Å². The molecule has 0 fully saturated rings. The highest BCUT2D eigenvalue weighted by Crippen LogP contribution is 2.16. The van der Waals surface area contributed by atoms with Gasteiger partial charge in [-0.25, -0.2) is 0 Å². The fraction of sp³-hybridized carbons (Fsp3) is 0.105. The highest BCUT2D eigenvalue weighted by Gasteiger charge is 2.08. The quantitative estimate of drug-likeness (QED) is 0.149. The molecule has 29 aromatic rings. The molecule has 24 heterocycles. The Balaban J connectivity index is 1.43. The number of nitrogens with zero attached hydrogens (tertiary/aromatic N) is 9. The lowest BCUT2D eigenvalue weighted by Gasteiger charge is -2.04. The molecule has 0 amide bonds. The van der Waals surface area contributed by atoms with Gasteiger partial charge >= 0.3 is 0 Å². The van der Waals surface area contributed by atoms with Crippen LogP contribution in [0.1, 0.15) is 0 Å². The topological polar surface area (TPSA) is 171 Å². The van der Waals surface area contributed by atoms with Crippen LogP contribution in [-0.4, -0.2) is 42.4 Å². The van der Waals surface area contributed by atoms with Gasteiger partial charge in [-0.2, -0.15) is 0 Å². The molecule has 5 aromatic carbocycles. The summed E-state index contributed by atoms with van der Waals surface area (Å²) >= 11 is 0. The molecule has 354 valence electrons. The minimum atomic E-state index is -0.493. The Morgan fingerprint density at radius 2 is 0.417 bits per heavy atom. The second kappa shape index (κ2) is 18.4. The molecule has 15 heteroatoms. The van der Waals surface area contributed by atoms with Gasteiger partial charge in [0.25, 0.3) is 33.4 Å². The molecule has 24 aromatic heterocycles. The van der Waals surface area contributed by atoms with Crippen LogP contribution in [-0.2, 0) is 42.3 Å². The normalized spacial score (nSPS) is 11.2. The van der Waals surface area contributed by atoms with Crippen molar-refractivity contribution in [3.63, 3.8) is 0 Å².